The van der Waals surface area contributed by atoms with Crippen LogP contribution in [0.3, 0.4) is 0 Å². The van der Waals surface area contributed by atoms with Crippen molar-refractivity contribution < 1.29 is 9.15 Å². The number of nitrogens with one attached hydrogen (secondary N) is 1. The number of nitrogens with zero attached hydrogens (tertiary/aromatic N) is 2. The number of hydrogen-bond donors (Lipinski definition) is 1. The highest BCUT2D eigenvalue weighted by atomic mass is 127. The van der Waals surface area contributed by atoms with Crippen LogP contribution in [0.15, 0.2) is 45.3 Å². The molecule has 0 aliphatic carbocycles. The van der Waals surface area contributed by atoms with Crippen LogP contribution in [-0.4, -0.2) is 51.3 Å². The van der Waals surface area contributed by atoms with E-state index in [1.54, 1.807) is 24.7 Å². The fraction of sp³-hybridized carbons (Fsp3) is 0.471. The second-order valence-corrected chi connectivity index (χ2v) is 6.24. The number of rotatable bonds is 9. The summed E-state index contributed by atoms with van der Waals surface area (Å²) in [7, 11) is 3.76. The third-order valence-corrected chi connectivity index (χ3v) is 4.36. The summed E-state index contributed by atoms with van der Waals surface area (Å²) >= 11 is 1.79. The van der Waals surface area contributed by atoms with Crippen molar-refractivity contribution in [1.29, 1.82) is 0 Å². The van der Waals surface area contributed by atoms with Crippen LogP contribution in [0.4, 0.5) is 0 Å². The Morgan fingerprint density at radius 1 is 1.33 bits per heavy atom. The lowest BCUT2D eigenvalue weighted by atomic mass is 10.3. The molecular formula is C17H26IN3O2S. The molecule has 2 aromatic rings. The number of likely N-dealkylation sites (N-methyl/N-ethyl adjacent to an activating group) is 1. The third kappa shape index (κ3) is 7.67. The SMILES string of the molecule is COCCN=C(NCCc1ccco1)N(C)CCc1cccs1.I. The van der Waals surface area contributed by atoms with Gasteiger partial charge < -0.3 is 19.4 Å². The van der Waals surface area contributed by atoms with E-state index >= 15 is 0 Å². The maximum Gasteiger partial charge on any atom is 0.193 e. The van der Waals surface area contributed by atoms with Crippen molar-refractivity contribution in [3.8, 4) is 0 Å². The molecule has 0 fully saturated rings. The van der Waals surface area contributed by atoms with Gasteiger partial charge in [0.05, 0.1) is 19.4 Å². The Morgan fingerprint density at radius 3 is 2.88 bits per heavy atom. The number of hydrogen-bond acceptors (Lipinski definition) is 4. The molecule has 7 heteroatoms. The maximum atomic E-state index is 5.36. The van der Waals surface area contributed by atoms with Gasteiger partial charge >= 0.3 is 0 Å². The van der Waals surface area contributed by atoms with Gasteiger partial charge in [-0.05, 0) is 30.0 Å². The van der Waals surface area contributed by atoms with Crippen molar-refractivity contribution in [3.63, 3.8) is 0 Å². The standard InChI is InChI=1S/C17H25N3O2S.HI/c1-20(11-8-16-6-4-14-23-16)17(19-10-13-21-2)18-9-7-15-5-3-12-22-15;/h3-6,12,14H,7-11,13H2,1-2H3,(H,18,19);1H. The lowest BCUT2D eigenvalue weighted by Crippen LogP contribution is -2.41. The highest BCUT2D eigenvalue weighted by molar-refractivity contribution is 14.0. The average Bonchev–Trinajstić information content (AvgIpc) is 3.25. The minimum Gasteiger partial charge on any atom is -0.469 e. The van der Waals surface area contributed by atoms with Crippen LogP contribution in [-0.2, 0) is 17.6 Å². The first kappa shape index (κ1) is 21.0. The number of aliphatic imine (C=N–C) groups is 1. The van der Waals surface area contributed by atoms with Gasteiger partial charge in [0.15, 0.2) is 5.96 Å². The van der Waals surface area contributed by atoms with E-state index in [2.05, 4.69) is 39.8 Å². The van der Waals surface area contributed by atoms with Gasteiger partial charge in [-0.2, -0.15) is 0 Å². The van der Waals surface area contributed by atoms with E-state index in [-0.39, 0.29) is 24.0 Å². The van der Waals surface area contributed by atoms with Crippen molar-refractivity contribution in [2.45, 2.75) is 12.8 Å². The van der Waals surface area contributed by atoms with Gasteiger partial charge in [0.2, 0.25) is 0 Å². The van der Waals surface area contributed by atoms with E-state index in [0.717, 1.165) is 37.7 Å². The molecule has 0 atom stereocenters. The normalized spacial score (nSPS) is 11.2. The highest BCUT2D eigenvalue weighted by Crippen LogP contribution is 2.09. The number of halogens is 1. The van der Waals surface area contributed by atoms with E-state index in [4.69, 9.17) is 9.15 Å². The van der Waals surface area contributed by atoms with Gasteiger partial charge in [0, 0.05) is 38.5 Å². The quantitative estimate of drug-likeness (QED) is 0.269. The van der Waals surface area contributed by atoms with Gasteiger partial charge in [0.25, 0.3) is 0 Å². The summed E-state index contributed by atoms with van der Waals surface area (Å²) in [6.45, 7) is 3.01. The molecule has 0 radical (unpaired) electrons. The second-order valence-electron chi connectivity index (χ2n) is 5.21. The van der Waals surface area contributed by atoms with E-state index in [9.17, 15) is 0 Å². The molecule has 1 N–H and O–H groups in total. The molecule has 0 saturated carbocycles. The maximum absolute atomic E-state index is 5.36. The Morgan fingerprint density at radius 2 is 2.21 bits per heavy atom. The van der Waals surface area contributed by atoms with Crippen molar-refractivity contribution in [2.75, 3.05) is 40.4 Å². The molecule has 0 spiro atoms. The first-order valence-electron chi connectivity index (χ1n) is 7.82. The molecule has 0 aromatic carbocycles. The van der Waals surface area contributed by atoms with E-state index in [0.29, 0.717) is 13.2 Å². The Kier molecular flexibility index (Phi) is 10.8. The molecule has 0 aliphatic rings. The van der Waals surface area contributed by atoms with Crippen LogP contribution in [0.5, 0.6) is 0 Å². The zero-order chi connectivity index (χ0) is 16.3. The number of methoxy groups -OCH3 is 1. The molecule has 134 valence electrons. The topological polar surface area (TPSA) is 50.0 Å². The van der Waals surface area contributed by atoms with Gasteiger partial charge in [-0.25, -0.2) is 0 Å². The van der Waals surface area contributed by atoms with Crippen molar-refractivity contribution in [2.24, 2.45) is 4.99 Å². The number of furan rings is 1. The van der Waals surface area contributed by atoms with E-state index in [1.807, 2.05) is 12.1 Å². The lowest BCUT2D eigenvalue weighted by molar-refractivity contribution is 0.207. The summed E-state index contributed by atoms with van der Waals surface area (Å²) in [4.78, 5) is 8.17. The number of thiophene rings is 1. The largest absolute Gasteiger partial charge is 0.469 e. The summed E-state index contributed by atoms with van der Waals surface area (Å²) in [5, 5.41) is 5.53. The summed E-state index contributed by atoms with van der Waals surface area (Å²) < 4.78 is 10.4. The summed E-state index contributed by atoms with van der Waals surface area (Å²) in [5.41, 5.74) is 0. The van der Waals surface area contributed by atoms with Gasteiger partial charge in [-0.1, -0.05) is 6.07 Å². The molecule has 0 bridgehead atoms. The minimum absolute atomic E-state index is 0. The molecule has 2 rings (SSSR count). The summed E-state index contributed by atoms with van der Waals surface area (Å²) in [6, 6.07) is 8.17. The molecule has 2 aromatic heterocycles. The lowest BCUT2D eigenvalue weighted by Gasteiger charge is -2.22. The summed E-state index contributed by atoms with van der Waals surface area (Å²) in [5.74, 6) is 1.89. The fourth-order valence-corrected chi connectivity index (χ4v) is 2.84. The predicted octanol–water partition coefficient (Wildman–Crippen LogP) is 3.27. The molecule has 5 nitrogen and oxygen atoms in total. The van der Waals surface area contributed by atoms with Crippen LogP contribution in [0, 0.1) is 0 Å². The monoisotopic (exact) mass is 463 g/mol. The Labute approximate surface area is 165 Å². The number of ether oxygens (including phenoxy) is 1. The highest BCUT2D eigenvalue weighted by Gasteiger charge is 2.07. The van der Waals surface area contributed by atoms with E-state index in [1.165, 1.54) is 4.88 Å². The van der Waals surface area contributed by atoms with Crippen molar-refractivity contribution in [3.05, 3.63) is 46.5 Å². The van der Waals surface area contributed by atoms with Crippen LogP contribution in [0.1, 0.15) is 10.6 Å². The Hall–Kier alpha value is -1.06. The second kappa shape index (κ2) is 12.3. The first-order valence-corrected chi connectivity index (χ1v) is 8.70. The van der Waals surface area contributed by atoms with E-state index < -0.39 is 0 Å². The van der Waals surface area contributed by atoms with Crippen LogP contribution in [0.25, 0.3) is 0 Å². The molecule has 24 heavy (non-hydrogen) atoms. The number of guanidine groups is 1. The minimum atomic E-state index is 0. The zero-order valence-corrected chi connectivity index (χ0v) is 17.4. The average molecular weight is 463 g/mol. The molecular weight excluding hydrogens is 437 g/mol. The molecule has 0 aliphatic heterocycles. The molecule has 0 saturated heterocycles. The van der Waals surface area contributed by atoms with Crippen LogP contribution < -0.4 is 5.32 Å². The summed E-state index contributed by atoms with van der Waals surface area (Å²) in [6.07, 6.45) is 3.57. The smallest absolute Gasteiger partial charge is 0.193 e. The zero-order valence-electron chi connectivity index (χ0n) is 14.2. The predicted molar refractivity (Wildman–Crippen MR) is 111 cm³/mol. The fourth-order valence-electron chi connectivity index (χ4n) is 2.15. The molecule has 0 unspecified atom stereocenters. The van der Waals surface area contributed by atoms with Gasteiger partial charge in [-0.3, -0.25) is 4.99 Å². The van der Waals surface area contributed by atoms with Crippen molar-refractivity contribution in [1.82, 2.24) is 10.2 Å². The van der Waals surface area contributed by atoms with Crippen LogP contribution in [0.2, 0.25) is 0 Å². The first-order chi connectivity index (χ1) is 11.3. The molecule has 0 amide bonds. The van der Waals surface area contributed by atoms with Gasteiger partial charge in [0.1, 0.15) is 5.76 Å². The molecule has 2 heterocycles. The van der Waals surface area contributed by atoms with Gasteiger partial charge in [-0.15, -0.1) is 35.3 Å². The third-order valence-electron chi connectivity index (χ3n) is 3.43. The Balaban J connectivity index is 0.00000288. The van der Waals surface area contributed by atoms with Crippen molar-refractivity contribution >= 4 is 41.3 Å². The van der Waals surface area contributed by atoms with Crippen LogP contribution >= 0.6 is 35.3 Å². The Bertz CT molecular complexity index is 558.